The molecule has 4 rings (SSSR count). The Morgan fingerprint density at radius 2 is 1.84 bits per heavy atom. The lowest BCUT2D eigenvalue weighted by atomic mass is 10.0. The van der Waals surface area contributed by atoms with Gasteiger partial charge in [0.05, 0.1) is 24.4 Å². The molecule has 2 aliphatic heterocycles. The number of piperidine rings is 1. The van der Waals surface area contributed by atoms with Gasteiger partial charge in [0.15, 0.2) is 0 Å². The number of nitrogens with one attached hydrogen (secondary N) is 2. The zero-order valence-electron chi connectivity index (χ0n) is 18.5. The first-order valence-corrected chi connectivity index (χ1v) is 12.2. The Morgan fingerprint density at radius 3 is 2.59 bits per heavy atom. The predicted molar refractivity (Wildman–Crippen MR) is 128 cm³/mol. The molecule has 2 aliphatic rings. The monoisotopic (exact) mass is 453 g/mol. The largest absolute Gasteiger partial charge is 0.496 e. The van der Waals surface area contributed by atoms with Crippen molar-refractivity contribution in [3.63, 3.8) is 0 Å². The summed E-state index contributed by atoms with van der Waals surface area (Å²) >= 11 is 1.83. The van der Waals surface area contributed by atoms with Gasteiger partial charge in [-0.3, -0.25) is 14.9 Å². The Kier molecular flexibility index (Phi) is 7.37. The summed E-state index contributed by atoms with van der Waals surface area (Å²) in [6.07, 6.45) is 2.91. The van der Waals surface area contributed by atoms with Crippen molar-refractivity contribution in [2.75, 3.05) is 32.5 Å². The fourth-order valence-electron chi connectivity index (χ4n) is 4.43. The van der Waals surface area contributed by atoms with Gasteiger partial charge < -0.3 is 15.0 Å². The number of carbonyl (C=O) groups excluding carboxylic acids is 2. The fraction of sp³-hybridized carbons (Fsp3) is 0.440. The van der Waals surface area contributed by atoms with Crippen molar-refractivity contribution in [1.82, 2.24) is 15.5 Å². The second-order valence-electron chi connectivity index (χ2n) is 8.40. The van der Waals surface area contributed by atoms with E-state index < -0.39 is 0 Å². The maximum atomic E-state index is 12.7. The van der Waals surface area contributed by atoms with Crippen molar-refractivity contribution in [3.05, 3.63) is 65.7 Å². The smallest absolute Gasteiger partial charge is 0.238 e. The number of likely N-dealkylation sites (tertiary alicyclic amines) is 1. The van der Waals surface area contributed by atoms with E-state index in [9.17, 15) is 9.59 Å². The molecule has 7 heteroatoms. The second kappa shape index (κ2) is 10.4. The highest BCUT2D eigenvalue weighted by Gasteiger charge is 2.44. The number of thioether (sulfide) groups is 1. The summed E-state index contributed by atoms with van der Waals surface area (Å²) in [6.45, 7) is 2.04. The number of ether oxygens (including phenoxy) is 1. The number of para-hydroxylation sites is 1. The summed E-state index contributed by atoms with van der Waals surface area (Å²) in [6, 6.07) is 17.6. The molecular weight excluding hydrogens is 422 g/mol. The molecule has 170 valence electrons. The highest BCUT2D eigenvalue weighted by molar-refractivity contribution is 8.01. The summed E-state index contributed by atoms with van der Waals surface area (Å²) in [5, 5.41) is 6.64. The van der Waals surface area contributed by atoms with Crippen molar-refractivity contribution < 1.29 is 14.3 Å². The average molecular weight is 454 g/mol. The van der Waals surface area contributed by atoms with E-state index in [4.69, 9.17) is 4.74 Å². The molecule has 1 spiro atoms. The van der Waals surface area contributed by atoms with Crippen LogP contribution in [0.25, 0.3) is 0 Å². The minimum Gasteiger partial charge on any atom is -0.496 e. The van der Waals surface area contributed by atoms with E-state index >= 15 is 0 Å². The molecular formula is C25H31N3O3S. The van der Waals surface area contributed by atoms with Gasteiger partial charge in [-0.1, -0.05) is 48.5 Å². The van der Waals surface area contributed by atoms with Gasteiger partial charge in [0.25, 0.3) is 0 Å². The number of hydrogen-bond donors (Lipinski definition) is 2. The Hall–Kier alpha value is -2.51. The van der Waals surface area contributed by atoms with Crippen LogP contribution in [0.3, 0.4) is 0 Å². The summed E-state index contributed by atoms with van der Waals surface area (Å²) in [7, 11) is 1.66. The molecule has 1 atom stereocenters. The van der Waals surface area contributed by atoms with Crippen molar-refractivity contribution in [2.24, 2.45) is 0 Å². The van der Waals surface area contributed by atoms with Gasteiger partial charge in [0, 0.05) is 25.4 Å². The van der Waals surface area contributed by atoms with E-state index in [0.29, 0.717) is 13.0 Å². The zero-order valence-corrected chi connectivity index (χ0v) is 19.3. The first kappa shape index (κ1) is 22.7. The molecule has 0 aliphatic carbocycles. The molecule has 2 aromatic rings. The van der Waals surface area contributed by atoms with Crippen LogP contribution >= 0.6 is 11.8 Å². The van der Waals surface area contributed by atoms with Crippen molar-refractivity contribution in [1.29, 1.82) is 0 Å². The molecule has 1 unspecified atom stereocenters. The highest BCUT2D eigenvalue weighted by atomic mass is 32.2. The van der Waals surface area contributed by atoms with Crippen LogP contribution in [0.2, 0.25) is 0 Å². The molecule has 0 bridgehead atoms. The molecule has 2 fully saturated rings. The number of methoxy groups -OCH3 is 1. The molecule has 0 saturated carbocycles. The Morgan fingerprint density at radius 1 is 1.12 bits per heavy atom. The molecule has 2 aromatic carbocycles. The normalized spacial score (nSPS) is 19.7. The number of benzene rings is 2. The standard InChI is InChI=1S/C25H31N3O3S/c1-31-22-10-6-5-9-20(22)11-14-26-24(30)21-18-32-25(27-21)12-15-28(16-13-25)23(29)17-19-7-3-2-4-8-19/h2-10,21,27H,11-18H2,1H3,(H,26,30). The van der Waals surface area contributed by atoms with E-state index in [1.54, 1.807) is 7.11 Å². The number of carbonyl (C=O) groups is 2. The Balaban J connectivity index is 1.22. The molecule has 2 heterocycles. The number of nitrogens with zero attached hydrogens (tertiary/aromatic N) is 1. The van der Waals surface area contributed by atoms with Gasteiger partial charge in [0.2, 0.25) is 11.8 Å². The lowest BCUT2D eigenvalue weighted by molar-refractivity contribution is -0.132. The highest BCUT2D eigenvalue weighted by Crippen LogP contribution is 2.39. The van der Waals surface area contributed by atoms with Crippen LogP contribution in [0.1, 0.15) is 24.0 Å². The van der Waals surface area contributed by atoms with Crippen LogP contribution in [0.15, 0.2) is 54.6 Å². The van der Waals surface area contributed by atoms with Crippen LogP contribution in [-0.4, -0.2) is 60.1 Å². The third-order valence-corrected chi connectivity index (χ3v) is 7.87. The SMILES string of the molecule is COc1ccccc1CCNC(=O)C1CSC2(CCN(C(=O)Cc3ccccc3)CC2)N1. The summed E-state index contributed by atoms with van der Waals surface area (Å²) in [5.74, 6) is 1.84. The molecule has 0 aromatic heterocycles. The van der Waals surface area contributed by atoms with Crippen molar-refractivity contribution >= 4 is 23.6 Å². The predicted octanol–water partition coefficient (Wildman–Crippen LogP) is 2.62. The first-order chi connectivity index (χ1) is 15.6. The average Bonchev–Trinajstić information content (AvgIpc) is 3.24. The van der Waals surface area contributed by atoms with Crippen molar-refractivity contribution in [3.8, 4) is 5.75 Å². The zero-order chi connectivity index (χ0) is 22.4. The summed E-state index contributed by atoms with van der Waals surface area (Å²) in [5.41, 5.74) is 2.14. The molecule has 2 N–H and O–H groups in total. The van der Waals surface area contributed by atoms with Gasteiger partial charge in [-0.25, -0.2) is 0 Å². The minimum atomic E-state index is -0.191. The van der Waals surface area contributed by atoms with Crippen molar-refractivity contribution in [2.45, 2.75) is 36.6 Å². The first-order valence-electron chi connectivity index (χ1n) is 11.2. The van der Waals surface area contributed by atoms with Gasteiger partial charge in [0.1, 0.15) is 5.75 Å². The van der Waals surface area contributed by atoms with Crippen LogP contribution in [-0.2, 0) is 22.4 Å². The second-order valence-corrected chi connectivity index (χ2v) is 9.80. The minimum absolute atomic E-state index is 0.0480. The third-order valence-electron chi connectivity index (χ3n) is 6.29. The number of amides is 2. The van der Waals surface area contributed by atoms with Crippen LogP contribution in [0.5, 0.6) is 5.75 Å². The van der Waals surface area contributed by atoms with Gasteiger partial charge >= 0.3 is 0 Å². The summed E-state index contributed by atoms with van der Waals surface area (Å²) in [4.78, 5) is 27.2. The van der Waals surface area contributed by atoms with E-state index in [0.717, 1.165) is 55.0 Å². The maximum Gasteiger partial charge on any atom is 0.238 e. The molecule has 32 heavy (non-hydrogen) atoms. The molecule has 0 radical (unpaired) electrons. The summed E-state index contributed by atoms with van der Waals surface area (Å²) < 4.78 is 5.38. The van der Waals surface area contributed by atoms with E-state index in [2.05, 4.69) is 10.6 Å². The van der Waals surface area contributed by atoms with Crippen LogP contribution in [0, 0.1) is 0 Å². The molecule has 6 nitrogen and oxygen atoms in total. The van der Waals surface area contributed by atoms with Gasteiger partial charge in [-0.15, -0.1) is 11.8 Å². The third kappa shape index (κ3) is 5.45. The lowest BCUT2D eigenvalue weighted by Crippen LogP contribution is -2.54. The maximum absolute atomic E-state index is 12.7. The van der Waals surface area contributed by atoms with Crippen LogP contribution in [0.4, 0.5) is 0 Å². The van der Waals surface area contributed by atoms with Crippen LogP contribution < -0.4 is 15.4 Å². The molecule has 2 saturated heterocycles. The lowest BCUT2D eigenvalue weighted by Gasteiger charge is -2.39. The van der Waals surface area contributed by atoms with Gasteiger partial charge in [-0.2, -0.15) is 0 Å². The quantitative estimate of drug-likeness (QED) is 0.675. The van der Waals surface area contributed by atoms with E-state index in [1.165, 1.54) is 0 Å². The number of hydrogen-bond acceptors (Lipinski definition) is 5. The topological polar surface area (TPSA) is 70.7 Å². The number of rotatable bonds is 7. The molecule has 2 amide bonds. The Labute approximate surface area is 194 Å². The van der Waals surface area contributed by atoms with E-state index in [-0.39, 0.29) is 22.7 Å². The van der Waals surface area contributed by atoms with Gasteiger partial charge in [-0.05, 0) is 36.5 Å². The fourth-order valence-corrected chi connectivity index (χ4v) is 5.84. The Bertz CT molecular complexity index is 929. The van der Waals surface area contributed by atoms with E-state index in [1.807, 2.05) is 71.3 Å².